The van der Waals surface area contributed by atoms with Crippen molar-refractivity contribution in [2.24, 2.45) is 0 Å². The second-order valence-electron chi connectivity index (χ2n) is 9.68. The van der Waals surface area contributed by atoms with Crippen molar-refractivity contribution in [2.75, 3.05) is 46.6 Å². The molecule has 0 bridgehead atoms. The van der Waals surface area contributed by atoms with Gasteiger partial charge in [-0.05, 0) is 23.6 Å². The zero-order valence-electron chi connectivity index (χ0n) is 21.6. The number of piperidine rings is 1. The molecule has 10 nitrogen and oxygen atoms in total. The molecule has 0 aromatic heterocycles. The summed E-state index contributed by atoms with van der Waals surface area (Å²) in [5, 5.41) is 2.34. The molecule has 38 heavy (non-hydrogen) atoms. The van der Waals surface area contributed by atoms with Crippen LogP contribution in [-0.4, -0.2) is 80.2 Å². The normalized spacial score (nSPS) is 19.9. The van der Waals surface area contributed by atoms with Gasteiger partial charge in [-0.3, -0.25) is 24.6 Å². The van der Waals surface area contributed by atoms with E-state index in [0.717, 1.165) is 38.4 Å². The molecule has 3 heterocycles. The number of nitrogens with zero attached hydrogens (tertiary/aromatic N) is 2. The van der Waals surface area contributed by atoms with Crippen molar-refractivity contribution in [3.05, 3.63) is 58.7 Å². The number of benzene rings is 2. The lowest BCUT2D eigenvalue weighted by Crippen LogP contribution is -2.52. The van der Waals surface area contributed by atoms with Crippen LogP contribution in [-0.2, 0) is 38.8 Å². The van der Waals surface area contributed by atoms with Gasteiger partial charge in [-0.1, -0.05) is 24.3 Å². The Labute approximate surface area is 221 Å². The van der Waals surface area contributed by atoms with E-state index in [4.69, 9.17) is 18.9 Å². The van der Waals surface area contributed by atoms with Crippen LogP contribution in [0.3, 0.4) is 0 Å². The van der Waals surface area contributed by atoms with Crippen molar-refractivity contribution in [1.29, 1.82) is 0 Å². The SMILES string of the molecule is COCCOc1cc(OCc2ccc(CN3CCOCC3)cc2)c2c(c1)C(=O)N([C@H]1CCC(=O)NC1=O)C2. The summed E-state index contributed by atoms with van der Waals surface area (Å²) in [4.78, 5) is 41.3. The molecule has 2 aromatic rings. The van der Waals surface area contributed by atoms with Gasteiger partial charge < -0.3 is 23.8 Å². The Kier molecular flexibility index (Phi) is 8.21. The molecule has 0 aliphatic carbocycles. The maximum absolute atomic E-state index is 13.3. The topological polar surface area (TPSA) is 107 Å². The van der Waals surface area contributed by atoms with E-state index in [1.807, 2.05) is 0 Å². The van der Waals surface area contributed by atoms with Crippen LogP contribution in [0.1, 0.15) is 39.9 Å². The summed E-state index contributed by atoms with van der Waals surface area (Å²) >= 11 is 0. The van der Waals surface area contributed by atoms with Gasteiger partial charge in [0.2, 0.25) is 11.8 Å². The molecule has 2 saturated heterocycles. The van der Waals surface area contributed by atoms with Gasteiger partial charge in [0.1, 0.15) is 30.8 Å². The number of carbonyl (C=O) groups is 3. The molecule has 2 fully saturated rings. The van der Waals surface area contributed by atoms with E-state index in [2.05, 4.69) is 34.5 Å². The molecule has 3 aliphatic rings. The number of hydrogen-bond donors (Lipinski definition) is 1. The molecule has 5 rings (SSSR count). The molecule has 1 atom stereocenters. The van der Waals surface area contributed by atoms with Crippen LogP contribution in [0, 0.1) is 0 Å². The largest absolute Gasteiger partial charge is 0.491 e. The quantitative estimate of drug-likeness (QED) is 0.372. The minimum atomic E-state index is -0.697. The molecular formula is C28H33N3O7. The fourth-order valence-corrected chi connectivity index (χ4v) is 4.98. The molecule has 2 aromatic carbocycles. The van der Waals surface area contributed by atoms with Gasteiger partial charge in [-0.2, -0.15) is 0 Å². The highest BCUT2D eigenvalue weighted by atomic mass is 16.5. The number of rotatable bonds is 10. The first-order chi connectivity index (χ1) is 18.5. The zero-order valence-corrected chi connectivity index (χ0v) is 21.6. The Hall–Kier alpha value is -3.47. The van der Waals surface area contributed by atoms with Crippen molar-refractivity contribution >= 4 is 17.7 Å². The van der Waals surface area contributed by atoms with Gasteiger partial charge in [0, 0.05) is 44.8 Å². The highest BCUT2D eigenvalue weighted by molar-refractivity contribution is 6.05. The first-order valence-corrected chi connectivity index (χ1v) is 13.0. The lowest BCUT2D eigenvalue weighted by atomic mass is 10.0. The summed E-state index contributed by atoms with van der Waals surface area (Å²) in [6.07, 6.45) is 0.501. The van der Waals surface area contributed by atoms with Crippen LogP contribution < -0.4 is 14.8 Å². The van der Waals surface area contributed by atoms with Crippen LogP contribution in [0.15, 0.2) is 36.4 Å². The van der Waals surface area contributed by atoms with E-state index in [-0.39, 0.29) is 24.8 Å². The number of amides is 3. The first kappa shape index (κ1) is 26.1. The van der Waals surface area contributed by atoms with Crippen molar-refractivity contribution in [2.45, 2.75) is 38.6 Å². The zero-order chi connectivity index (χ0) is 26.5. The minimum Gasteiger partial charge on any atom is -0.491 e. The first-order valence-electron chi connectivity index (χ1n) is 13.0. The van der Waals surface area contributed by atoms with Crippen LogP contribution in [0.5, 0.6) is 11.5 Å². The van der Waals surface area contributed by atoms with Crippen molar-refractivity contribution < 1.29 is 33.3 Å². The number of nitrogens with one attached hydrogen (secondary N) is 1. The van der Waals surface area contributed by atoms with E-state index in [0.29, 0.717) is 48.9 Å². The average molecular weight is 524 g/mol. The van der Waals surface area contributed by atoms with Gasteiger partial charge in [0.15, 0.2) is 0 Å². The average Bonchev–Trinajstić information content (AvgIpc) is 3.25. The smallest absolute Gasteiger partial charge is 0.255 e. The Balaban J connectivity index is 1.31. The molecule has 202 valence electrons. The third-order valence-electron chi connectivity index (χ3n) is 7.07. The number of hydrogen-bond acceptors (Lipinski definition) is 8. The Morgan fingerprint density at radius 1 is 1.00 bits per heavy atom. The molecule has 0 radical (unpaired) electrons. The van der Waals surface area contributed by atoms with Gasteiger partial charge in [0.25, 0.3) is 5.91 Å². The predicted molar refractivity (Wildman–Crippen MR) is 137 cm³/mol. The fraction of sp³-hybridized carbons (Fsp3) is 0.464. The van der Waals surface area contributed by atoms with E-state index in [1.54, 1.807) is 19.2 Å². The summed E-state index contributed by atoms with van der Waals surface area (Å²) in [6, 6.07) is 11.1. The summed E-state index contributed by atoms with van der Waals surface area (Å²) in [5.74, 6) is -0.00238. The predicted octanol–water partition coefficient (Wildman–Crippen LogP) is 1.88. The van der Waals surface area contributed by atoms with Gasteiger partial charge in [-0.25, -0.2) is 0 Å². The fourth-order valence-electron chi connectivity index (χ4n) is 4.98. The second kappa shape index (κ2) is 11.9. The van der Waals surface area contributed by atoms with E-state index in [1.165, 1.54) is 10.5 Å². The minimum absolute atomic E-state index is 0.201. The van der Waals surface area contributed by atoms with Crippen LogP contribution in [0.2, 0.25) is 0 Å². The number of methoxy groups -OCH3 is 1. The van der Waals surface area contributed by atoms with E-state index in [9.17, 15) is 14.4 Å². The summed E-state index contributed by atoms with van der Waals surface area (Å²) in [5.41, 5.74) is 3.39. The van der Waals surface area contributed by atoms with Crippen LogP contribution in [0.4, 0.5) is 0 Å². The third-order valence-corrected chi connectivity index (χ3v) is 7.07. The maximum atomic E-state index is 13.3. The maximum Gasteiger partial charge on any atom is 0.255 e. The highest BCUT2D eigenvalue weighted by Gasteiger charge is 2.40. The summed E-state index contributed by atoms with van der Waals surface area (Å²) < 4.78 is 22.5. The van der Waals surface area contributed by atoms with Gasteiger partial charge in [-0.15, -0.1) is 0 Å². The van der Waals surface area contributed by atoms with Crippen molar-refractivity contribution in [3.8, 4) is 11.5 Å². The lowest BCUT2D eigenvalue weighted by Gasteiger charge is -2.29. The standard InChI is InChI=1S/C28H33N3O7/c1-35-12-13-37-21-14-22-23(17-31(28(22)34)24-6-7-26(32)29-27(24)33)25(15-21)38-18-20-4-2-19(3-5-20)16-30-8-10-36-11-9-30/h2-5,14-15,24H,6-13,16-18H2,1H3,(H,29,32,33)/t24-/m0/s1. The van der Waals surface area contributed by atoms with Crippen molar-refractivity contribution in [3.63, 3.8) is 0 Å². The number of carbonyl (C=O) groups excluding carboxylic acids is 3. The Morgan fingerprint density at radius 3 is 2.50 bits per heavy atom. The van der Waals surface area contributed by atoms with Crippen LogP contribution >= 0.6 is 0 Å². The number of ether oxygens (including phenoxy) is 4. The Bertz CT molecular complexity index is 1180. The molecule has 0 spiro atoms. The molecule has 1 N–H and O–H groups in total. The second-order valence-corrected chi connectivity index (χ2v) is 9.68. The molecule has 3 amide bonds. The molecule has 0 unspecified atom stereocenters. The van der Waals surface area contributed by atoms with Gasteiger partial charge in [0.05, 0.1) is 31.9 Å². The molecule has 3 aliphatic heterocycles. The number of fused-ring (bicyclic) bond motifs is 1. The monoisotopic (exact) mass is 523 g/mol. The lowest BCUT2D eigenvalue weighted by molar-refractivity contribution is -0.136. The molecular weight excluding hydrogens is 490 g/mol. The third kappa shape index (κ3) is 5.98. The number of imide groups is 1. The van der Waals surface area contributed by atoms with Crippen LogP contribution in [0.25, 0.3) is 0 Å². The highest BCUT2D eigenvalue weighted by Crippen LogP contribution is 2.37. The summed E-state index contributed by atoms with van der Waals surface area (Å²) in [6.45, 7) is 5.58. The molecule has 0 saturated carbocycles. The Morgan fingerprint density at radius 2 is 1.76 bits per heavy atom. The van der Waals surface area contributed by atoms with Crippen molar-refractivity contribution in [1.82, 2.24) is 15.1 Å². The summed E-state index contributed by atoms with van der Waals surface area (Å²) in [7, 11) is 1.59. The molecule has 10 heteroatoms. The van der Waals surface area contributed by atoms with E-state index < -0.39 is 11.9 Å². The van der Waals surface area contributed by atoms with E-state index >= 15 is 0 Å². The number of morpholine rings is 1. The van der Waals surface area contributed by atoms with Gasteiger partial charge >= 0.3 is 0 Å².